The second kappa shape index (κ2) is 9.09. The zero-order valence-electron chi connectivity index (χ0n) is 14.8. The van der Waals surface area contributed by atoms with Crippen molar-refractivity contribution in [2.75, 3.05) is 6.61 Å². The van der Waals surface area contributed by atoms with Crippen molar-refractivity contribution in [3.05, 3.63) is 0 Å². The molecule has 0 aromatic heterocycles. The molecule has 1 fully saturated rings. The van der Waals surface area contributed by atoms with Gasteiger partial charge in [0.05, 0.1) is 31.0 Å². The lowest BCUT2D eigenvalue weighted by atomic mass is 10.0. The molecular formula is C17H34O4. The zero-order valence-corrected chi connectivity index (χ0v) is 14.8. The summed E-state index contributed by atoms with van der Waals surface area (Å²) in [5.74, 6) is 0. The first-order valence-corrected chi connectivity index (χ1v) is 8.43. The lowest BCUT2D eigenvalue weighted by molar-refractivity contribution is -0.113. The van der Waals surface area contributed by atoms with Gasteiger partial charge in [-0.15, -0.1) is 0 Å². The maximum atomic E-state index is 6.20. The van der Waals surface area contributed by atoms with Crippen LogP contribution in [0.15, 0.2) is 0 Å². The zero-order chi connectivity index (χ0) is 16.0. The predicted octanol–water partition coefficient (Wildman–Crippen LogP) is 3.57. The Balaban J connectivity index is 2.80. The summed E-state index contributed by atoms with van der Waals surface area (Å²) in [7, 11) is 0. The van der Waals surface area contributed by atoms with Gasteiger partial charge in [0.1, 0.15) is 18.3 Å². The van der Waals surface area contributed by atoms with E-state index in [2.05, 4.69) is 34.6 Å². The smallest absolute Gasteiger partial charge is 0.115 e. The van der Waals surface area contributed by atoms with E-state index in [4.69, 9.17) is 18.9 Å². The van der Waals surface area contributed by atoms with Crippen molar-refractivity contribution < 1.29 is 18.9 Å². The van der Waals surface area contributed by atoms with Crippen molar-refractivity contribution in [2.24, 2.45) is 0 Å². The van der Waals surface area contributed by atoms with Gasteiger partial charge in [0.25, 0.3) is 0 Å². The summed E-state index contributed by atoms with van der Waals surface area (Å²) in [4.78, 5) is 0. The van der Waals surface area contributed by atoms with Crippen LogP contribution in [0.2, 0.25) is 0 Å². The van der Waals surface area contributed by atoms with Crippen molar-refractivity contribution in [3.63, 3.8) is 0 Å². The highest BCUT2D eigenvalue weighted by atomic mass is 16.6. The first-order chi connectivity index (χ1) is 9.85. The SMILES string of the molecule is CCCC1OC(COC(C)C)C(OC(C)C)C1OC(C)C. The van der Waals surface area contributed by atoms with Gasteiger partial charge in [-0.2, -0.15) is 0 Å². The molecule has 1 aliphatic heterocycles. The van der Waals surface area contributed by atoms with E-state index in [-0.39, 0.29) is 42.7 Å². The molecule has 21 heavy (non-hydrogen) atoms. The monoisotopic (exact) mass is 302 g/mol. The molecule has 1 aliphatic rings. The average Bonchev–Trinajstić information content (AvgIpc) is 2.65. The second-order valence-corrected chi connectivity index (χ2v) is 6.68. The summed E-state index contributed by atoms with van der Waals surface area (Å²) in [6.07, 6.45) is 2.58. The van der Waals surface area contributed by atoms with E-state index in [0.29, 0.717) is 6.61 Å². The molecule has 126 valence electrons. The van der Waals surface area contributed by atoms with Crippen LogP contribution >= 0.6 is 0 Å². The fourth-order valence-electron chi connectivity index (χ4n) is 2.70. The minimum Gasteiger partial charge on any atom is -0.376 e. The molecule has 0 radical (unpaired) electrons. The van der Waals surface area contributed by atoms with Crippen molar-refractivity contribution >= 4 is 0 Å². The van der Waals surface area contributed by atoms with Crippen LogP contribution in [-0.4, -0.2) is 49.3 Å². The van der Waals surface area contributed by atoms with Gasteiger partial charge in [-0.05, 0) is 48.0 Å². The van der Waals surface area contributed by atoms with E-state index < -0.39 is 0 Å². The Labute approximate surface area is 130 Å². The summed E-state index contributed by atoms with van der Waals surface area (Å²) < 4.78 is 24.2. The molecule has 1 rings (SSSR count). The molecule has 0 amide bonds. The third kappa shape index (κ3) is 6.23. The van der Waals surface area contributed by atoms with Gasteiger partial charge >= 0.3 is 0 Å². The van der Waals surface area contributed by atoms with E-state index in [9.17, 15) is 0 Å². The second-order valence-electron chi connectivity index (χ2n) is 6.68. The first kappa shape index (κ1) is 18.9. The molecule has 4 heteroatoms. The van der Waals surface area contributed by atoms with Crippen molar-refractivity contribution in [1.29, 1.82) is 0 Å². The third-order valence-corrected chi connectivity index (χ3v) is 3.43. The van der Waals surface area contributed by atoms with Crippen LogP contribution in [0.1, 0.15) is 61.3 Å². The summed E-state index contributed by atoms with van der Waals surface area (Å²) in [5.41, 5.74) is 0. The summed E-state index contributed by atoms with van der Waals surface area (Å²) in [6, 6.07) is 0. The van der Waals surface area contributed by atoms with E-state index in [0.717, 1.165) is 12.8 Å². The first-order valence-electron chi connectivity index (χ1n) is 8.43. The molecule has 4 atom stereocenters. The number of rotatable bonds is 9. The predicted molar refractivity (Wildman–Crippen MR) is 84.7 cm³/mol. The molecule has 1 heterocycles. The van der Waals surface area contributed by atoms with Crippen LogP contribution in [0.5, 0.6) is 0 Å². The molecule has 0 N–H and O–H groups in total. The molecule has 4 nitrogen and oxygen atoms in total. The number of hydrogen-bond acceptors (Lipinski definition) is 4. The van der Waals surface area contributed by atoms with Crippen LogP contribution in [0.3, 0.4) is 0 Å². The molecule has 0 saturated carbocycles. The Morgan fingerprint density at radius 1 is 0.810 bits per heavy atom. The van der Waals surface area contributed by atoms with Crippen LogP contribution in [-0.2, 0) is 18.9 Å². The summed E-state index contributed by atoms with van der Waals surface area (Å²) >= 11 is 0. The topological polar surface area (TPSA) is 36.9 Å². The third-order valence-electron chi connectivity index (χ3n) is 3.43. The van der Waals surface area contributed by atoms with E-state index in [1.165, 1.54) is 0 Å². The maximum absolute atomic E-state index is 6.20. The van der Waals surface area contributed by atoms with E-state index >= 15 is 0 Å². The van der Waals surface area contributed by atoms with Crippen molar-refractivity contribution in [2.45, 2.75) is 104 Å². The summed E-state index contributed by atoms with van der Waals surface area (Å²) in [5, 5.41) is 0. The van der Waals surface area contributed by atoms with Crippen LogP contribution < -0.4 is 0 Å². The van der Waals surface area contributed by atoms with Gasteiger partial charge in [-0.25, -0.2) is 0 Å². The molecule has 0 spiro atoms. The Bertz CT molecular complexity index is 278. The summed E-state index contributed by atoms with van der Waals surface area (Å²) in [6.45, 7) is 15.1. The van der Waals surface area contributed by atoms with Gasteiger partial charge in [0, 0.05) is 0 Å². The molecule has 0 aromatic rings. The highest BCUT2D eigenvalue weighted by Crippen LogP contribution is 2.31. The largest absolute Gasteiger partial charge is 0.376 e. The number of ether oxygens (including phenoxy) is 4. The Kier molecular flexibility index (Phi) is 8.17. The lowest BCUT2D eigenvalue weighted by Crippen LogP contribution is -2.42. The minimum absolute atomic E-state index is 0.00638. The van der Waals surface area contributed by atoms with Crippen LogP contribution in [0.25, 0.3) is 0 Å². The molecular weight excluding hydrogens is 268 g/mol. The fraction of sp³-hybridized carbons (Fsp3) is 1.00. The maximum Gasteiger partial charge on any atom is 0.115 e. The lowest BCUT2D eigenvalue weighted by Gasteiger charge is -2.28. The van der Waals surface area contributed by atoms with Gasteiger partial charge in [-0.1, -0.05) is 13.3 Å². The minimum atomic E-state index is -0.0531. The Morgan fingerprint density at radius 2 is 1.33 bits per heavy atom. The highest BCUT2D eigenvalue weighted by molar-refractivity contribution is 4.93. The van der Waals surface area contributed by atoms with Crippen molar-refractivity contribution in [3.8, 4) is 0 Å². The molecule has 4 unspecified atom stereocenters. The quantitative estimate of drug-likeness (QED) is 0.652. The Morgan fingerprint density at radius 3 is 1.76 bits per heavy atom. The molecule has 0 aliphatic carbocycles. The fourth-order valence-corrected chi connectivity index (χ4v) is 2.70. The highest BCUT2D eigenvalue weighted by Gasteiger charge is 2.46. The molecule has 0 aromatic carbocycles. The van der Waals surface area contributed by atoms with E-state index in [1.54, 1.807) is 0 Å². The average molecular weight is 302 g/mol. The Hall–Kier alpha value is -0.160. The standard InChI is InChI=1S/C17H34O4/c1-8-9-14-16(19-12(4)5)17(20-13(6)7)15(21-14)10-18-11(2)3/h11-17H,8-10H2,1-7H3. The van der Waals surface area contributed by atoms with Gasteiger partial charge in [-0.3, -0.25) is 0 Å². The number of hydrogen-bond donors (Lipinski definition) is 0. The van der Waals surface area contributed by atoms with Gasteiger partial charge < -0.3 is 18.9 Å². The normalized spacial score (nSPS) is 30.0. The molecule has 0 bridgehead atoms. The van der Waals surface area contributed by atoms with E-state index in [1.807, 2.05) is 13.8 Å². The van der Waals surface area contributed by atoms with Gasteiger partial charge in [0.2, 0.25) is 0 Å². The van der Waals surface area contributed by atoms with Crippen LogP contribution in [0, 0.1) is 0 Å². The van der Waals surface area contributed by atoms with Crippen LogP contribution in [0.4, 0.5) is 0 Å². The van der Waals surface area contributed by atoms with Gasteiger partial charge in [0.15, 0.2) is 0 Å². The van der Waals surface area contributed by atoms with Crippen molar-refractivity contribution in [1.82, 2.24) is 0 Å². The molecule has 1 saturated heterocycles.